The summed E-state index contributed by atoms with van der Waals surface area (Å²) < 4.78 is 56.7. The van der Waals surface area contributed by atoms with Crippen molar-refractivity contribution < 1.29 is 22.3 Å². The molecule has 0 aliphatic carbocycles. The predicted octanol–water partition coefficient (Wildman–Crippen LogP) is 4.82. The SMILES string of the molecule is C[C@H]1CN(c2c(C#N)c(=O)n(C)c3ccc(Cl)nc23)CC[C@@H]1Nc1ccc(OC(F)(F)F)cc1F. The fraction of sp³-hybridized carbons (Fsp3) is 0.348. The highest BCUT2D eigenvalue weighted by molar-refractivity contribution is 6.29. The lowest BCUT2D eigenvalue weighted by Crippen LogP contribution is -2.46. The molecule has 12 heteroatoms. The van der Waals surface area contributed by atoms with Crippen molar-refractivity contribution in [2.75, 3.05) is 23.3 Å². The summed E-state index contributed by atoms with van der Waals surface area (Å²) in [6, 6.07) is 7.93. The molecular formula is C23H20ClF4N5O2. The Morgan fingerprint density at radius 1 is 1.29 bits per heavy atom. The summed E-state index contributed by atoms with van der Waals surface area (Å²) in [5, 5.41) is 13.0. The lowest BCUT2D eigenvalue weighted by atomic mass is 9.92. The maximum absolute atomic E-state index is 14.4. The Balaban J connectivity index is 1.59. The topological polar surface area (TPSA) is 83.2 Å². The molecule has 1 fully saturated rings. The first-order valence-corrected chi connectivity index (χ1v) is 11.0. The van der Waals surface area contributed by atoms with Gasteiger partial charge in [0.05, 0.1) is 16.9 Å². The maximum Gasteiger partial charge on any atom is 0.573 e. The van der Waals surface area contributed by atoms with Crippen molar-refractivity contribution in [2.45, 2.75) is 25.7 Å². The van der Waals surface area contributed by atoms with Crippen LogP contribution in [0, 0.1) is 23.1 Å². The fourth-order valence-corrected chi connectivity index (χ4v) is 4.50. The van der Waals surface area contributed by atoms with Gasteiger partial charge in [-0.1, -0.05) is 18.5 Å². The third-order valence-electron chi connectivity index (χ3n) is 6.03. The van der Waals surface area contributed by atoms with E-state index in [1.54, 1.807) is 19.2 Å². The number of hydrogen-bond donors (Lipinski definition) is 1. The number of aryl methyl sites for hydroxylation is 1. The van der Waals surface area contributed by atoms with Gasteiger partial charge in [-0.25, -0.2) is 9.37 Å². The highest BCUT2D eigenvalue weighted by atomic mass is 35.5. The Bertz CT molecular complexity index is 1390. The van der Waals surface area contributed by atoms with E-state index in [1.165, 1.54) is 10.6 Å². The highest BCUT2D eigenvalue weighted by Gasteiger charge is 2.32. The molecule has 1 aliphatic heterocycles. The van der Waals surface area contributed by atoms with Gasteiger partial charge in [-0.05, 0) is 36.6 Å². The molecule has 2 atom stereocenters. The summed E-state index contributed by atoms with van der Waals surface area (Å²) in [6.45, 7) is 2.75. The number of aromatic nitrogens is 2. The second-order valence-electron chi connectivity index (χ2n) is 8.35. The van der Waals surface area contributed by atoms with Crippen LogP contribution in [0.1, 0.15) is 18.9 Å². The van der Waals surface area contributed by atoms with Crippen LogP contribution in [0.15, 0.2) is 35.1 Å². The van der Waals surface area contributed by atoms with E-state index >= 15 is 0 Å². The van der Waals surface area contributed by atoms with E-state index < -0.39 is 23.5 Å². The lowest BCUT2D eigenvalue weighted by molar-refractivity contribution is -0.274. The molecule has 2 aromatic heterocycles. The second-order valence-corrected chi connectivity index (χ2v) is 8.74. The van der Waals surface area contributed by atoms with Crippen LogP contribution in [0.5, 0.6) is 5.75 Å². The first-order chi connectivity index (χ1) is 16.5. The monoisotopic (exact) mass is 509 g/mol. The summed E-state index contributed by atoms with van der Waals surface area (Å²) in [4.78, 5) is 19.1. The standard InChI is InChI=1S/C23H20ClF4N5O2/c1-12-11-33(21-14(10-29)22(34)32(2)18-5-6-19(24)31-20(18)21)8-7-16(12)30-17-4-3-13(9-15(17)25)35-23(26,27)28/h3-6,9,12,16,30H,7-8,11H2,1-2H3/t12-,16-/m0/s1. The molecule has 1 aromatic carbocycles. The number of pyridine rings is 2. The van der Waals surface area contributed by atoms with Crippen LogP contribution in [0.4, 0.5) is 28.9 Å². The van der Waals surface area contributed by atoms with E-state index in [9.17, 15) is 27.6 Å². The Morgan fingerprint density at radius 2 is 2.03 bits per heavy atom. The van der Waals surface area contributed by atoms with Gasteiger partial charge < -0.3 is 19.5 Å². The first-order valence-electron chi connectivity index (χ1n) is 10.6. The number of piperidine rings is 1. The van der Waals surface area contributed by atoms with Gasteiger partial charge >= 0.3 is 6.36 Å². The van der Waals surface area contributed by atoms with E-state index in [0.717, 1.165) is 6.07 Å². The number of anilines is 2. The number of halogens is 5. The van der Waals surface area contributed by atoms with Gasteiger partial charge in [-0.15, -0.1) is 13.2 Å². The minimum atomic E-state index is -4.91. The molecule has 0 amide bonds. The normalized spacial score (nSPS) is 18.4. The molecular weight excluding hydrogens is 490 g/mol. The number of fused-ring (bicyclic) bond motifs is 1. The molecule has 3 heterocycles. The zero-order chi connectivity index (χ0) is 25.5. The van der Waals surface area contributed by atoms with Gasteiger partial charge in [-0.3, -0.25) is 4.79 Å². The molecule has 0 spiro atoms. The second kappa shape index (κ2) is 9.26. The smallest absolute Gasteiger partial charge is 0.406 e. The van der Waals surface area contributed by atoms with Crippen molar-refractivity contribution in [1.29, 1.82) is 5.26 Å². The number of ether oxygens (including phenoxy) is 1. The van der Waals surface area contributed by atoms with Crippen LogP contribution in [0.25, 0.3) is 11.0 Å². The Hall–Kier alpha value is -3.52. The first kappa shape index (κ1) is 24.6. The molecule has 1 aliphatic rings. The highest BCUT2D eigenvalue weighted by Crippen LogP contribution is 2.33. The number of rotatable bonds is 4. The van der Waals surface area contributed by atoms with E-state index in [0.29, 0.717) is 42.3 Å². The Labute approximate surface area is 202 Å². The number of nitrogens with zero attached hydrogens (tertiary/aromatic N) is 4. The van der Waals surface area contributed by atoms with E-state index in [2.05, 4.69) is 15.0 Å². The van der Waals surface area contributed by atoms with Crippen molar-refractivity contribution in [3.05, 3.63) is 57.2 Å². The van der Waals surface area contributed by atoms with Gasteiger partial charge in [-0.2, -0.15) is 5.26 Å². The van der Waals surface area contributed by atoms with Crippen molar-refractivity contribution in [1.82, 2.24) is 9.55 Å². The number of hydrogen-bond acceptors (Lipinski definition) is 6. The van der Waals surface area contributed by atoms with Crippen molar-refractivity contribution in [3.8, 4) is 11.8 Å². The molecule has 0 bridgehead atoms. The summed E-state index contributed by atoms with van der Waals surface area (Å²) in [7, 11) is 1.56. The average Bonchev–Trinajstić information content (AvgIpc) is 2.78. The molecule has 4 rings (SSSR count). The van der Waals surface area contributed by atoms with Crippen LogP contribution >= 0.6 is 11.6 Å². The van der Waals surface area contributed by atoms with Crippen LogP contribution in [0.3, 0.4) is 0 Å². The molecule has 3 aromatic rings. The largest absolute Gasteiger partial charge is 0.573 e. The van der Waals surface area contributed by atoms with Crippen molar-refractivity contribution in [2.24, 2.45) is 13.0 Å². The number of alkyl halides is 3. The van der Waals surface area contributed by atoms with Crippen LogP contribution in [-0.2, 0) is 7.05 Å². The van der Waals surface area contributed by atoms with E-state index in [1.807, 2.05) is 17.9 Å². The summed E-state index contributed by atoms with van der Waals surface area (Å²) in [6.07, 6.45) is -4.41. The average molecular weight is 510 g/mol. The van der Waals surface area contributed by atoms with Gasteiger partial charge in [0.1, 0.15) is 33.9 Å². The zero-order valence-corrected chi connectivity index (χ0v) is 19.4. The van der Waals surface area contributed by atoms with Crippen LogP contribution in [-0.4, -0.2) is 35.0 Å². The quantitative estimate of drug-likeness (QED) is 0.401. The molecule has 0 saturated carbocycles. The number of benzene rings is 1. The van der Waals surface area contributed by atoms with Gasteiger partial charge in [0, 0.05) is 32.2 Å². The zero-order valence-electron chi connectivity index (χ0n) is 18.7. The minimum absolute atomic E-state index is 0.0420. The molecule has 0 radical (unpaired) electrons. The van der Waals surface area contributed by atoms with Gasteiger partial charge in [0.15, 0.2) is 0 Å². The third-order valence-corrected chi connectivity index (χ3v) is 6.24. The number of nitrogens with one attached hydrogen (secondary N) is 1. The summed E-state index contributed by atoms with van der Waals surface area (Å²) in [5.74, 6) is -1.60. The van der Waals surface area contributed by atoms with Crippen molar-refractivity contribution >= 4 is 34.0 Å². The minimum Gasteiger partial charge on any atom is -0.406 e. The fourth-order valence-electron chi connectivity index (χ4n) is 4.35. The predicted molar refractivity (Wildman–Crippen MR) is 123 cm³/mol. The number of nitriles is 1. The molecule has 0 unspecified atom stereocenters. The third kappa shape index (κ3) is 4.98. The Kier molecular flexibility index (Phi) is 6.51. The maximum atomic E-state index is 14.4. The van der Waals surface area contributed by atoms with Gasteiger partial charge in [0.2, 0.25) is 0 Å². The summed E-state index contributed by atoms with van der Waals surface area (Å²) in [5.41, 5.74) is 0.925. The van der Waals surface area contributed by atoms with Crippen molar-refractivity contribution in [3.63, 3.8) is 0 Å². The molecule has 1 saturated heterocycles. The lowest BCUT2D eigenvalue weighted by Gasteiger charge is -2.39. The van der Waals surface area contributed by atoms with E-state index in [-0.39, 0.29) is 28.4 Å². The van der Waals surface area contributed by atoms with Crippen LogP contribution in [0.2, 0.25) is 5.15 Å². The van der Waals surface area contributed by atoms with E-state index in [4.69, 9.17) is 11.6 Å². The molecule has 1 N–H and O–H groups in total. The molecule has 35 heavy (non-hydrogen) atoms. The Morgan fingerprint density at radius 3 is 2.66 bits per heavy atom. The summed E-state index contributed by atoms with van der Waals surface area (Å²) >= 11 is 6.10. The molecule has 184 valence electrons. The van der Waals surface area contributed by atoms with Crippen LogP contribution < -0.4 is 20.5 Å². The van der Waals surface area contributed by atoms with Gasteiger partial charge in [0.25, 0.3) is 5.56 Å². The molecule has 7 nitrogen and oxygen atoms in total.